The molecule has 1 N–H and O–H groups in total. The van der Waals surface area contributed by atoms with Gasteiger partial charge >= 0.3 is 5.97 Å². The smallest absolute Gasteiger partial charge is 0.344 e. The van der Waals surface area contributed by atoms with E-state index in [9.17, 15) is 14.4 Å². The standard InChI is InChI=1S/C21H17ClN2O5/c1-12-19(13(2)29-24-12)21(27)28-11-18(25)23-17-9-8-15(22)10-16(17)20(26)14-6-4-3-5-7-14/h3-10H,11H2,1-2H3,(H,23,25). The van der Waals surface area contributed by atoms with Gasteiger partial charge < -0.3 is 14.6 Å². The number of nitrogens with one attached hydrogen (secondary N) is 1. The summed E-state index contributed by atoms with van der Waals surface area (Å²) in [5, 5.41) is 6.61. The number of aryl methyl sites for hydroxylation is 2. The minimum Gasteiger partial charge on any atom is -0.452 e. The Hall–Kier alpha value is -3.45. The second-order valence-corrected chi connectivity index (χ2v) is 6.64. The number of aromatic nitrogens is 1. The molecule has 7 nitrogen and oxygen atoms in total. The van der Waals surface area contributed by atoms with E-state index in [1.807, 2.05) is 0 Å². The zero-order chi connectivity index (χ0) is 21.0. The van der Waals surface area contributed by atoms with Gasteiger partial charge in [-0.1, -0.05) is 47.1 Å². The highest BCUT2D eigenvalue weighted by Crippen LogP contribution is 2.24. The fraction of sp³-hybridized carbons (Fsp3) is 0.143. The second-order valence-electron chi connectivity index (χ2n) is 6.21. The number of nitrogens with zero attached hydrogens (tertiary/aromatic N) is 1. The third kappa shape index (κ3) is 4.70. The predicted octanol–water partition coefficient (Wildman–Crippen LogP) is 3.97. The van der Waals surface area contributed by atoms with Crippen LogP contribution in [0, 0.1) is 13.8 Å². The van der Waals surface area contributed by atoms with Crippen LogP contribution in [0.5, 0.6) is 0 Å². The van der Waals surface area contributed by atoms with Gasteiger partial charge in [0.25, 0.3) is 5.91 Å². The molecule has 0 saturated heterocycles. The molecule has 3 rings (SSSR count). The number of ether oxygens (including phenoxy) is 1. The minimum atomic E-state index is -0.715. The first-order valence-corrected chi connectivity index (χ1v) is 9.03. The van der Waals surface area contributed by atoms with E-state index < -0.39 is 18.5 Å². The Morgan fingerprint density at radius 2 is 1.83 bits per heavy atom. The Morgan fingerprint density at radius 3 is 2.48 bits per heavy atom. The average Bonchev–Trinajstić information content (AvgIpc) is 3.06. The molecule has 0 atom stereocenters. The van der Waals surface area contributed by atoms with Crippen LogP contribution in [0.4, 0.5) is 5.69 Å². The summed E-state index contributed by atoms with van der Waals surface area (Å²) in [4.78, 5) is 37.2. The number of anilines is 1. The number of hydrogen-bond acceptors (Lipinski definition) is 6. The number of esters is 1. The number of benzene rings is 2. The highest BCUT2D eigenvalue weighted by molar-refractivity contribution is 6.31. The highest BCUT2D eigenvalue weighted by Gasteiger charge is 2.21. The van der Waals surface area contributed by atoms with Crippen LogP contribution in [0.2, 0.25) is 5.02 Å². The second kappa shape index (κ2) is 8.70. The molecule has 8 heteroatoms. The van der Waals surface area contributed by atoms with Crippen molar-refractivity contribution in [1.82, 2.24) is 5.16 Å². The van der Waals surface area contributed by atoms with Gasteiger partial charge in [-0.3, -0.25) is 9.59 Å². The molecule has 2 aromatic carbocycles. The Balaban J connectivity index is 1.72. The van der Waals surface area contributed by atoms with Gasteiger partial charge in [0.15, 0.2) is 12.4 Å². The Bertz CT molecular complexity index is 1060. The maximum Gasteiger partial charge on any atom is 0.344 e. The summed E-state index contributed by atoms with van der Waals surface area (Å²) >= 11 is 6.03. The third-order valence-corrected chi connectivity index (χ3v) is 4.34. The summed E-state index contributed by atoms with van der Waals surface area (Å²) in [6.45, 7) is 2.64. The lowest BCUT2D eigenvalue weighted by atomic mass is 10.0. The summed E-state index contributed by atoms with van der Waals surface area (Å²) in [5.74, 6) is -1.31. The first-order valence-electron chi connectivity index (χ1n) is 8.66. The summed E-state index contributed by atoms with van der Waals surface area (Å²) in [7, 11) is 0. The van der Waals surface area contributed by atoms with Gasteiger partial charge in [-0.2, -0.15) is 0 Å². The molecule has 0 radical (unpaired) electrons. The summed E-state index contributed by atoms with van der Waals surface area (Å²) < 4.78 is 9.94. The lowest BCUT2D eigenvalue weighted by molar-refractivity contribution is -0.119. The van der Waals surface area contributed by atoms with Gasteiger partial charge in [0.2, 0.25) is 0 Å². The van der Waals surface area contributed by atoms with Crippen molar-refractivity contribution in [2.45, 2.75) is 13.8 Å². The van der Waals surface area contributed by atoms with E-state index in [0.29, 0.717) is 22.0 Å². The van der Waals surface area contributed by atoms with Crippen molar-refractivity contribution >= 4 is 34.9 Å². The molecule has 1 amide bonds. The van der Waals surface area contributed by atoms with Gasteiger partial charge in [0, 0.05) is 16.1 Å². The third-order valence-electron chi connectivity index (χ3n) is 4.11. The van der Waals surface area contributed by atoms with Crippen molar-refractivity contribution in [3.63, 3.8) is 0 Å². The van der Waals surface area contributed by atoms with E-state index in [1.165, 1.54) is 12.1 Å². The van der Waals surface area contributed by atoms with Crippen molar-refractivity contribution in [3.8, 4) is 0 Å². The predicted molar refractivity (Wildman–Crippen MR) is 106 cm³/mol. The molecular weight excluding hydrogens is 396 g/mol. The number of hydrogen-bond donors (Lipinski definition) is 1. The van der Waals surface area contributed by atoms with Gasteiger partial charge in [0.05, 0.1) is 11.4 Å². The van der Waals surface area contributed by atoms with Crippen molar-refractivity contribution in [3.05, 3.63) is 81.7 Å². The largest absolute Gasteiger partial charge is 0.452 e. The number of amides is 1. The topological polar surface area (TPSA) is 98.5 Å². The molecule has 0 aliphatic carbocycles. The number of rotatable bonds is 6. The molecule has 0 saturated carbocycles. The SMILES string of the molecule is Cc1noc(C)c1C(=O)OCC(=O)Nc1ccc(Cl)cc1C(=O)c1ccccc1. The van der Waals surface area contributed by atoms with Crippen LogP contribution in [0.25, 0.3) is 0 Å². The monoisotopic (exact) mass is 412 g/mol. The summed E-state index contributed by atoms with van der Waals surface area (Å²) in [6.07, 6.45) is 0. The van der Waals surface area contributed by atoms with E-state index >= 15 is 0 Å². The normalized spacial score (nSPS) is 10.4. The van der Waals surface area contributed by atoms with Crippen LogP contribution < -0.4 is 5.32 Å². The molecule has 0 spiro atoms. The van der Waals surface area contributed by atoms with Gasteiger partial charge in [0.1, 0.15) is 11.3 Å². The molecule has 0 bridgehead atoms. The highest BCUT2D eigenvalue weighted by atomic mass is 35.5. The van der Waals surface area contributed by atoms with E-state index in [0.717, 1.165) is 0 Å². The van der Waals surface area contributed by atoms with Crippen molar-refractivity contribution < 1.29 is 23.6 Å². The molecule has 0 fully saturated rings. The van der Waals surface area contributed by atoms with E-state index in [1.54, 1.807) is 50.2 Å². The Morgan fingerprint density at radius 1 is 1.10 bits per heavy atom. The molecule has 1 aromatic heterocycles. The quantitative estimate of drug-likeness (QED) is 0.486. The van der Waals surface area contributed by atoms with Crippen molar-refractivity contribution in [1.29, 1.82) is 0 Å². The molecule has 0 aliphatic rings. The zero-order valence-corrected chi connectivity index (χ0v) is 16.4. The summed E-state index contributed by atoms with van der Waals surface area (Å²) in [6, 6.07) is 13.2. The molecule has 1 heterocycles. The first kappa shape index (κ1) is 20.3. The van der Waals surface area contributed by atoms with Gasteiger partial charge in [-0.25, -0.2) is 4.79 Å². The number of carbonyl (C=O) groups excluding carboxylic acids is 3. The van der Waals surface area contributed by atoms with Crippen LogP contribution in [-0.4, -0.2) is 29.4 Å². The van der Waals surface area contributed by atoms with Crippen molar-refractivity contribution in [2.24, 2.45) is 0 Å². The van der Waals surface area contributed by atoms with Crippen LogP contribution >= 0.6 is 11.6 Å². The first-order chi connectivity index (χ1) is 13.9. The lowest BCUT2D eigenvalue weighted by Crippen LogP contribution is -2.22. The van der Waals surface area contributed by atoms with E-state index in [4.69, 9.17) is 20.9 Å². The lowest BCUT2D eigenvalue weighted by Gasteiger charge is -2.11. The number of carbonyl (C=O) groups is 3. The van der Waals surface area contributed by atoms with E-state index in [2.05, 4.69) is 10.5 Å². The maximum absolute atomic E-state index is 12.8. The number of ketones is 1. The van der Waals surface area contributed by atoms with Crippen molar-refractivity contribution in [2.75, 3.05) is 11.9 Å². The van der Waals surface area contributed by atoms with Crippen LogP contribution in [0.15, 0.2) is 53.1 Å². The number of halogens is 1. The van der Waals surface area contributed by atoms with E-state index in [-0.39, 0.29) is 22.6 Å². The fourth-order valence-corrected chi connectivity index (χ4v) is 2.89. The zero-order valence-electron chi connectivity index (χ0n) is 15.7. The average molecular weight is 413 g/mol. The van der Waals surface area contributed by atoms with Crippen LogP contribution in [0.3, 0.4) is 0 Å². The van der Waals surface area contributed by atoms with Crippen LogP contribution in [0.1, 0.15) is 37.7 Å². The maximum atomic E-state index is 12.8. The molecule has 29 heavy (non-hydrogen) atoms. The Labute approximate surface area is 171 Å². The van der Waals surface area contributed by atoms with Gasteiger partial charge in [-0.05, 0) is 32.0 Å². The minimum absolute atomic E-state index is 0.184. The molecule has 3 aromatic rings. The Kier molecular flexibility index (Phi) is 6.09. The molecule has 0 aliphatic heterocycles. The van der Waals surface area contributed by atoms with Gasteiger partial charge in [-0.15, -0.1) is 0 Å². The molecule has 148 valence electrons. The summed E-state index contributed by atoms with van der Waals surface area (Å²) in [5.41, 5.74) is 1.51. The fourth-order valence-electron chi connectivity index (χ4n) is 2.72. The molecule has 0 unspecified atom stereocenters. The molecular formula is C21H17ClN2O5. The van der Waals surface area contributed by atoms with Crippen LogP contribution in [-0.2, 0) is 9.53 Å².